The van der Waals surface area contributed by atoms with Crippen LogP contribution in [-0.2, 0) is 0 Å². The zero-order valence-electron chi connectivity index (χ0n) is 11.1. The Bertz CT molecular complexity index is 135. The number of halogens is 2. The topological polar surface area (TPSA) is 14.1 Å². The van der Waals surface area contributed by atoms with Crippen molar-refractivity contribution in [2.75, 3.05) is 0 Å². The van der Waals surface area contributed by atoms with E-state index < -0.39 is 0 Å². The smallest absolute Gasteiger partial charge is 1.00 e. The quantitative estimate of drug-likeness (QED) is 0.449. The second kappa shape index (κ2) is 14.3. The Kier molecular flexibility index (Phi) is 20.2. The maximum atomic E-state index is 5.00. The third-order valence-corrected chi connectivity index (χ3v) is 3.57. The molecule has 2 aliphatic carbocycles. The van der Waals surface area contributed by atoms with Crippen molar-refractivity contribution < 1.29 is 43.7 Å². The standard InChI is InChI=1S/C12H22N.2ClH.Li.Mg/c1-3-7-11(8-4-1)13-12-9-5-2-6-10-12;;;;/h11-12H,1-10H2;2*1H;;/q-1;;;+1;+2/p-2. The molecule has 0 radical (unpaired) electrons. The molecule has 0 amide bonds. The Morgan fingerprint density at radius 3 is 1.18 bits per heavy atom. The van der Waals surface area contributed by atoms with Gasteiger partial charge in [-0.05, 0) is 0 Å². The van der Waals surface area contributed by atoms with E-state index in [2.05, 4.69) is 0 Å². The molecule has 2 fully saturated rings. The maximum Gasteiger partial charge on any atom is 2.00 e. The first-order chi connectivity index (χ1) is 6.45. The fourth-order valence-electron chi connectivity index (χ4n) is 2.76. The minimum Gasteiger partial charge on any atom is -1.00 e. The third-order valence-electron chi connectivity index (χ3n) is 3.57. The summed E-state index contributed by atoms with van der Waals surface area (Å²) in [4.78, 5) is 0. The molecule has 2 saturated carbocycles. The number of hydrogen-bond donors (Lipinski definition) is 0. The molecule has 0 aromatic carbocycles. The van der Waals surface area contributed by atoms with Crippen LogP contribution in [-0.4, -0.2) is 35.1 Å². The fourth-order valence-corrected chi connectivity index (χ4v) is 2.76. The first kappa shape index (κ1) is 24.0. The number of rotatable bonds is 2. The van der Waals surface area contributed by atoms with E-state index in [4.69, 9.17) is 5.32 Å². The first-order valence-corrected chi connectivity index (χ1v) is 6.15. The van der Waals surface area contributed by atoms with Crippen molar-refractivity contribution in [2.24, 2.45) is 0 Å². The van der Waals surface area contributed by atoms with Gasteiger partial charge in [-0.25, -0.2) is 0 Å². The Morgan fingerprint density at radius 1 is 0.588 bits per heavy atom. The van der Waals surface area contributed by atoms with E-state index in [1.165, 1.54) is 64.2 Å². The van der Waals surface area contributed by atoms with Crippen molar-refractivity contribution in [3.63, 3.8) is 0 Å². The molecule has 0 aromatic rings. The molecule has 0 heterocycles. The molecule has 0 bridgehead atoms. The minimum absolute atomic E-state index is 0. The molecule has 0 saturated heterocycles. The van der Waals surface area contributed by atoms with Crippen LogP contribution in [0.2, 0.25) is 0 Å². The monoisotopic (exact) mass is 281 g/mol. The molecule has 0 aliphatic heterocycles. The molecule has 2 rings (SSSR count). The van der Waals surface area contributed by atoms with Gasteiger partial charge >= 0.3 is 41.9 Å². The van der Waals surface area contributed by atoms with E-state index in [1.54, 1.807) is 0 Å². The Morgan fingerprint density at radius 2 is 0.882 bits per heavy atom. The molecule has 0 atom stereocenters. The molecular formula is C12H22Cl2LiMgN. The Labute approximate surface area is 147 Å². The van der Waals surface area contributed by atoms with E-state index in [1.807, 2.05) is 0 Å². The van der Waals surface area contributed by atoms with E-state index in [0.29, 0.717) is 0 Å². The van der Waals surface area contributed by atoms with Crippen molar-refractivity contribution in [3.05, 3.63) is 5.32 Å². The van der Waals surface area contributed by atoms with E-state index >= 15 is 0 Å². The van der Waals surface area contributed by atoms with Gasteiger partial charge < -0.3 is 30.1 Å². The van der Waals surface area contributed by atoms with E-state index in [0.717, 1.165) is 12.1 Å². The summed E-state index contributed by atoms with van der Waals surface area (Å²) in [5.41, 5.74) is 0. The van der Waals surface area contributed by atoms with Crippen molar-refractivity contribution in [1.29, 1.82) is 0 Å². The molecule has 1 nitrogen and oxygen atoms in total. The number of hydrogen-bond acceptors (Lipinski definition) is 0. The second-order valence-corrected chi connectivity index (χ2v) is 4.73. The normalized spacial score (nSPS) is 21.2. The average Bonchev–Trinajstić information content (AvgIpc) is 2.21. The summed E-state index contributed by atoms with van der Waals surface area (Å²) in [7, 11) is 0. The van der Waals surface area contributed by atoms with E-state index in [9.17, 15) is 0 Å². The Balaban J connectivity index is -0.000000490. The van der Waals surface area contributed by atoms with Gasteiger partial charge in [-0.1, -0.05) is 64.2 Å². The summed E-state index contributed by atoms with van der Waals surface area (Å²) in [5.74, 6) is 0. The van der Waals surface area contributed by atoms with Crippen molar-refractivity contribution >= 4 is 23.1 Å². The van der Waals surface area contributed by atoms with Gasteiger partial charge in [-0.3, -0.25) is 0 Å². The summed E-state index contributed by atoms with van der Waals surface area (Å²) in [5, 5.41) is 5.00. The predicted molar refractivity (Wildman–Crippen MR) is 62.9 cm³/mol. The third kappa shape index (κ3) is 9.44. The zero-order chi connectivity index (χ0) is 8.93. The van der Waals surface area contributed by atoms with Gasteiger partial charge in [0.2, 0.25) is 0 Å². The van der Waals surface area contributed by atoms with Gasteiger partial charge in [0.25, 0.3) is 0 Å². The van der Waals surface area contributed by atoms with Crippen molar-refractivity contribution in [1.82, 2.24) is 0 Å². The van der Waals surface area contributed by atoms with Gasteiger partial charge in [-0.15, -0.1) is 12.1 Å². The van der Waals surface area contributed by atoms with Crippen LogP contribution in [0.3, 0.4) is 0 Å². The van der Waals surface area contributed by atoms with E-state index in [-0.39, 0.29) is 66.7 Å². The van der Waals surface area contributed by atoms with Crippen LogP contribution in [0.5, 0.6) is 0 Å². The van der Waals surface area contributed by atoms with Gasteiger partial charge in [0, 0.05) is 0 Å². The summed E-state index contributed by atoms with van der Waals surface area (Å²) in [6.07, 6.45) is 14.2. The van der Waals surface area contributed by atoms with Crippen LogP contribution < -0.4 is 43.7 Å². The molecule has 0 N–H and O–H groups in total. The summed E-state index contributed by atoms with van der Waals surface area (Å²) < 4.78 is 0. The van der Waals surface area contributed by atoms with Crippen molar-refractivity contribution in [2.45, 2.75) is 76.3 Å². The average molecular weight is 282 g/mol. The summed E-state index contributed by atoms with van der Waals surface area (Å²) >= 11 is 0. The molecule has 0 unspecified atom stereocenters. The molecular weight excluding hydrogens is 260 g/mol. The first-order valence-electron chi connectivity index (χ1n) is 6.15. The van der Waals surface area contributed by atoms with Gasteiger partial charge in [0.15, 0.2) is 0 Å². The van der Waals surface area contributed by atoms with Crippen molar-refractivity contribution in [3.8, 4) is 0 Å². The molecule has 2 aliphatic rings. The summed E-state index contributed by atoms with van der Waals surface area (Å²) in [6.45, 7) is 0. The minimum atomic E-state index is 0. The van der Waals surface area contributed by atoms with Gasteiger partial charge in [0.1, 0.15) is 0 Å². The maximum absolute atomic E-state index is 5.00. The van der Waals surface area contributed by atoms with Crippen LogP contribution in [0.15, 0.2) is 0 Å². The molecule has 0 spiro atoms. The Hall–Kier alpha value is 1.90. The molecule has 17 heavy (non-hydrogen) atoms. The SMILES string of the molecule is C1CCC([N-]C2CCCCC2)CC1.[Cl-].[Cl-].[Li+].[Mg+2]. The second-order valence-electron chi connectivity index (χ2n) is 4.73. The molecule has 5 heteroatoms. The number of nitrogens with zero attached hydrogens (tertiary/aromatic N) is 1. The van der Waals surface area contributed by atoms with Crippen LogP contribution in [0, 0.1) is 0 Å². The largest absolute Gasteiger partial charge is 2.00 e. The molecule has 0 aromatic heterocycles. The molecule has 92 valence electrons. The van der Waals surface area contributed by atoms with Crippen LogP contribution >= 0.6 is 0 Å². The zero-order valence-corrected chi connectivity index (χ0v) is 14.1. The predicted octanol–water partition coefficient (Wildman–Crippen LogP) is -5.34. The van der Waals surface area contributed by atoms with Gasteiger partial charge in [-0.2, -0.15) is 0 Å². The van der Waals surface area contributed by atoms with Crippen LogP contribution in [0.4, 0.5) is 0 Å². The van der Waals surface area contributed by atoms with Gasteiger partial charge in [0.05, 0.1) is 0 Å². The van der Waals surface area contributed by atoms with Crippen LogP contribution in [0.25, 0.3) is 5.32 Å². The fraction of sp³-hybridized carbons (Fsp3) is 1.00. The van der Waals surface area contributed by atoms with Crippen LogP contribution in [0.1, 0.15) is 64.2 Å². The summed E-state index contributed by atoms with van der Waals surface area (Å²) in [6, 6.07) is 1.49.